The summed E-state index contributed by atoms with van der Waals surface area (Å²) in [4.78, 5) is 0. The first-order chi connectivity index (χ1) is 7.83. The van der Waals surface area contributed by atoms with E-state index in [4.69, 9.17) is 0 Å². The van der Waals surface area contributed by atoms with Crippen LogP contribution in [0.25, 0.3) is 0 Å². The molecular formula is C15H25N. The van der Waals surface area contributed by atoms with Gasteiger partial charge in [0.15, 0.2) is 0 Å². The zero-order valence-electron chi connectivity index (χ0n) is 10.4. The summed E-state index contributed by atoms with van der Waals surface area (Å²) in [6.07, 6.45) is 18.0. The number of rotatable bonds is 0. The SMILES string of the molecule is C1=CCC2(CC1)CCC1(CCNCC1)CC2. The predicted octanol–water partition coefficient (Wildman–Crippen LogP) is 3.66. The average Bonchev–Trinajstić information content (AvgIpc) is 2.36. The Balaban J connectivity index is 1.64. The Morgan fingerprint density at radius 1 is 0.688 bits per heavy atom. The Hall–Kier alpha value is -0.300. The van der Waals surface area contributed by atoms with E-state index in [0.717, 1.165) is 10.8 Å². The van der Waals surface area contributed by atoms with Crippen LogP contribution in [0.1, 0.15) is 57.8 Å². The summed E-state index contributed by atoms with van der Waals surface area (Å²) < 4.78 is 0. The maximum absolute atomic E-state index is 3.52. The lowest BCUT2D eigenvalue weighted by Crippen LogP contribution is -2.42. The molecule has 16 heavy (non-hydrogen) atoms. The highest BCUT2D eigenvalue weighted by atomic mass is 14.9. The van der Waals surface area contributed by atoms with Gasteiger partial charge in [-0.2, -0.15) is 0 Å². The lowest BCUT2D eigenvalue weighted by Gasteiger charge is -2.49. The summed E-state index contributed by atoms with van der Waals surface area (Å²) in [6, 6.07) is 0. The molecule has 90 valence electrons. The van der Waals surface area contributed by atoms with Gasteiger partial charge in [0.1, 0.15) is 0 Å². The Morgan fingerprint density at radius 3 is 2.00 bits per heavy atom. The lowest BCUT2D eigenvalue weighted by atomic mass is 9.58. The molecule has 1 heteroatoms. The maximum Gasteiger partial charge on any atom is -0.00436 e. The molecule has 0 unspecified atom stereocenters. The summed E-state index contributed by atoms with van der Waals surface area (Å²) in [6.45, 7) is 2.54. The quantitative estimate of drug-likeness (QED) is 0.613. The minimum absolute atomic E-state index is 0.727. The molecule has 0 aromatic heterocycles. The van der Waals surface area contributed by atoms with E-state index in [0.29, 0.717) is 0 Å². The first kappa shape index (κ1) is 10.8. The van der Waals surface area contributed by atoms with Crippen LogP contribution in [-0.2, 0) is 0 Å². The first-order valence-electron chi connectivity index (χ1n) is 7.19. The number of piperidine rings is 1. The van der Waals surface area contributed by atoms with Crippen LogP contribution in [-0.4, -0.2) is 13.1 Å². The Kier molecular flexibility index (Phi) is 2.83. The molecule has 1 saturated carbocycles. The molecule has 2 fully saturated rings. The van der Waals surface area contributed by atoms with Crippen molar-refractivity contribution in [2.24, 2.45) is 10.8 Å². The van der Waals surface area contributed by atoms with Crippen LogP contribution >= 0.6 is 0 Å². The van der Waals surface area contributed by atoms with E-state index in [1.165, 1.54) is 70.9 Å². The third kappa shape index (κ3) is 1.95. The van der Waals surface area contributed by atoms with E-state index in [9.17, 15) is 0 Å². The molecule has 1 N–H and O–H groups in total. The summed E-state index contributed by atoms with van der Waals surface area (Å²) >= 11 is 0. The van der Waals surface area contributed by atoms with Crippen molar-refractivity contribution in [2.75, 3.05) is 13.1 Å². The van der Waals surface area contributed by atoms with Crippen molar-refractivity contribution in [3.05, 3.63) is 12.2 Å². The van der Waals surface area contributed by atoms with Crippen molar-refractivity contribution < 1.29 is 0 Å². The summed E-state index contributed by atoms with van der Waals surface area (Å²) in [5.41, 5.74) is 1.47. The number of hydrogen-bond donors (Lipinski definition) is 1. The topological polar surface area (TPSA) is 12.0 Å². The fourth-order valence-corrected chi connectivity index (χ4v) is 4.16. The van der Waals surface area contributed by atoms with Crippen LogP contribution in [0.3, 0.4) is 0 Å². The molecular weight excluding hydrogens is 194 g/mol. The van der Waals surface area contributed by atoms with Gasteiger partial charge in [0.05, 0.1) is 0 Å². The van der Waals surface area contributed by atoms with Gasteiger partial charge in [-0.3, -0.25) is 0 Å². The Bertz CT molecular complexity index is 263. The molecule has 0 atom stereocenters. The van der Waals surface area contributed by atoms with Crippen molar-refractivity contribution in [3.8, 4) is 0 Å². The molecule has 2 spiro atoms. The van der Waals surface area contributed by atoms with Gasteiger partial charge >= 0.3 is 0 Å². The third-order valence-corrected chi connectivity index (χ3v) is 5.59. The first-order valence-corrected chi connectivity index (χ1v) is 7.19. The number of nitrogens with one attached hydrogen (secondary N) is 1. The van der Waals surface area contributed by atoms with Crippen molar-refractivity contribution in [1.82, 2.24) is 5.32 Å². The lowest BCUT2D eigenvalue weighted by molar-refractivity contribution is 0.0451. The van der Waals surface area contributed by atoms with Crippen LogP contribution in [0.15, 0.2) is 12.2 Å². The number of allylic oxidation sites excluding steroid dienone is 2. The molecule has 0 radical (unpaired) electrons. The monoisotopic (exact) mass is 219 g/mol. The van der Waals surface area contributed by atoms with Crippen molar-refractivity contribution in [2.45, 2.75) is 57.8 Å². The standard InChI is InChI=1S/C15H25N/c1-2-4-14(5-3-1)6-8-15(9-7-14)10-12-16-13-11-15/h1-2,16H,3-13H2. The fourth-order valence-electron chi connectivity index (χ4n) is 4.16. The molecule has 2 aliphatic carbocycles. The molecule has 0 amide bonds. The highest BCUT2D eigenvalue weighted by molar-refractivity contribution is 5.02. The molecule has 0 bridgehead atoms. The minimum atomic E-state index is 0.727. The summed E-state index contributed by atoms with van der Waals surface area (Å²) in [5, 5.41) is 3.52. The van der Waals surface area contributed by atoms with Crippen LogP contribution < -0.4 is 5.32 Å². The summed E-state index contributed by atoms with van der Waals surface area (Å²) in [5.74, 6) is 0. The average molecular weight is 219 g/mol. The zero-order chi connectivity index (χ0) is 10.9. The van der Waals surface area contributed by atoms with Crippen LogP contribution in [0.4, 0.5) is 0 Å². The van der Waals surface area contributed by atoms with E-state index in [2.05, 4.69) is 17.5 Å². The highest BCUT2D eigenvalue weighted by Gasteiger charge is 2.42. The zero-order valence-corrected chi connectivity index (χ0v) is 10.4. The molecule has 3 aliphatic rings. The molecule has 1 saturated heterocycles. The van der Waals surface area contributed by atoms with E-state index < -0.39 is 0 Å². The second kappa shape index (κ2) is 4.18. The minimum Gasteiger partial charge on any atom is -0.317 e. The van der Waals surface area contributed by atoms with E-state index in [1.807, 2.05) is 0 Å². The van der Waals surface area contributed by atoms with Gasteiger partial charge in [-0.25, -0.2) is 0 Å². The molecule has 1 aliphatic heterocycles. The normalized spacial score (nSPS) is 32.0. The predicted molar refractivity (Wildman–Crippen MR) is 68.4 cm³/mol. The van der Waals surface area contributed by atoms with E-state index in [-0.39, 0.29) is 0 Å². The van der Waals surface area contributed by atoms with Gasteiger partial charge in [0, 0.05) is 0 Å². The van der Waals surface area contributed by atoms with E-state index in [1.54, 1.807) is 0 Å². The van der Waals surface area contributed by atoms with Gasteiger partial charge in [0.2, 0.25) is 0 Å². The second-order valence-corrected chi connectivity index (χ2v) is 6.46. The summed E-state index contributed by atoms with van der Waals surface area (Å²) in [7, 11) is 0. The largest absolute Gasteiger partial charge is 0.317 e. The highest BCUT2D eigenvalue weighted by Crippen LogP contribution is 2.53. The van der Waals surface area contributed by atoms with Crippen molar-refractivity contribution in [3.63, 3.8) is 0 Å². The van der Waals surface area contributed by atoms with Crippen LogP contribution in [0.2, 0.25) is 0 Å². The van der Waals surface area contributed by atoms with Gasteiger partial charge in [-0.05, 0) is 81.7 Å². The van der Waals surface area contributed by atoms with Crippen LogP contribution in [0, 0.1) is 10.8 Å². The van der Waals surface area contributed by atoms with Gasteiger partial charge in [-0.15, -0.1) is 0 Å². The smallest absolute Gasteiger partial charge is 0.00436 e. The molecule has 0 aromatic carbocycles. The van der Waals surface area contributed by atoms with Crippen molar-refractivity contribution in [1.29, 1.82) is 0 Å². The second-order valence-electron chi connectivity index (χ2n) is 6.46. The van der Waals surface area contributed by atoms with Gasteiger partial charge in [0.25, 0.3) is 0 Å². The van der Waals surface area contributed by atoms with Crippen molar-refractivity contribution >= 4 is 0 Å². The molecule has 1 nitrogen and oxygen atoms in total. The molecule has 3 rings (SSSR count). The van der Waals surface area contributed by atoms with Gasteiger partial charge in [-0.1, -0.05) is 12.2 Å². The van der Waals surface area contributed by atoms with Gasteiger partial charge < -0.3 is 5.32 Å². The number of hydrogen-bond acceptors (Lipinski definition) is 1. The van der Waals surface area contributed by atoms with E-state index >= 15 is 0 Å². The third-order valence-electron chi connectivity index (χ3n) is 5.59. The Labute approximate surface area is 99.7 Å². The molecule has 0 aromatic rings. The Morgan fingerprint density at radius 2 is 1.38 bits per heavy atom. The van der Waals surface area contributed by atoms with Crippen LogP contribution in [0.5, 0.6) is 0 Å². The fraction of sp³-hybridized carbons (Fsp3) is 0.867. The molecule has 1 heterocycles. The maximum atomic E-state index is 3.52.